The number of aryl methyl sites for hydroxylation is 2. The van der Waals surface area contributed by atoms with Crippen LogP contribution in [0.25, 0.3) is 11.4 Å². The number of carbonyl (C=O) groups is 1. The Kier molecular flexibility index (Phi) is 6.66. The van der Waals surface area contributed by atoms with E-state index >= 15 is 0 Å². The minimum absolute atomic E-state index is 0.0167. The summed E-state index contributed by atoms with van der Waals surface area (Å²) in [6, 6.07) is 13.1. The van der Waals surface area contributed by atoms with Crippen LogP contribution in [0.2, 0.25) is 5.02 Å². The first kappa shape index (κ1) is 19.9. The summed E-state index contributed by atoms with van der Waals surface area (Å²) in [5.41, 5.74) is 2.90. The number of amides is 1. The van der Waals surface area contributed by atoms with E-state index in [1.807, 2.05) is 37.3 Å². The van der Waals surface area contributed by atoms with Crippen molar-refractivity contribution in [2.45, 2.75) is 32.7 Å². The Balaban J connectivity index is 1.44. The number of ether oxygens (including phenoxy) is 1. The SMILES string of the molecule is COc1cc(CNC(=O)CCCc2nc(-c3ccc(Cl)cc3)no2)ccc1C. The molecule has 0 saturated carbocycles. The van der Waals surface area contributed by atoms with E-state index in [1.165, 1.54) is 0 Å². The first-order chi connectivity index (χ1) is 13.5. The van der Waals surface area contributed by atoms with Gasteiger partial charge in [0, 0.05) is 30.0 Å². The second-order valence-corrected chi connectivity index (χ2v) is 6.89. The van der Waals surface area contributed by atoms with Crippen LogP contribution in [0.15, 0.2) is 47.0 Å². The normalized spacial score (nSPS) is 10.7. The first-order valence-corrected chi connectivity index (χ1v) is 9.41. The van der Waals surface area contributed by atoms with Crippen molar-refractivity contribution < 1.29 is 14.1 Å². The number of benzene rings is 2. The zero-order valence-corrected chi connectivity index (χ0v) is 16.6. The molecule has 3 rings (SSSR count). The molecule has 0 aliphatic rings. The van der Waals surface area contributed by atoms with Gasteiger partial charge in [-0.3, -0.25) is 4.79 Å². The van der Waals surface area contributed by atoms with Gasteiger partial charge >= 0.3 is 0 Å². The summed E-state index contributed by atoms with van der Waals surface area (Å²) in [5, 5.41) is 7.55. The highest BCUT2D eigenvalue weighted by Crippen LogP contribution is 2.20. The van der Waals surface area contributed by atoms with E-state index in [-0.39, 0.29) is 5.91 Å². The summed E-state index contributed by atoms with van der Waals surface area (Å²) in [6.45, 7) is 2.45. The van der Waals surface area contributed by atoms with E-state index < -0.39 is 0 Å². The molecule has 1 amide bonds. The highest BCUT2D eigenvalue weighted by Gasteiger charge is 2.10. The Hall–Kier alpha value is -2.86. The summed E-state index contributed by atoms with van der Waals surface area (Å²) in [5.74, 6) is 1.84. The molecule has 146 valence electrons. The standard InChI is InChI=1S/C21H22ClN3O3/c1-14-6-7-15(12-18(14)27-2)13-23-19(26)4-3-5-20-24-21(25-28-20)16-8-10-17(22)11-9-16/h6-12H,3-5,13H2,1-2H3,(H,23,26). The van der Waals surface area contributed by atoms with Crippen molar-refractivity contribution in [2.24, 2.45) is 0 Å². The molecule has 0 fully saturated rings. The van der Waals surface area contributed by atoms with Crippen LogP contribution >= 0.6 is 11.6 Å². The van der Waals surface area contributed by atoms with Gasteiger partial charge in [-0.1, -0.05) is 28.9 Å². The fourth-order valence-corrected chi connectivity index (χ4v) is 2.86. The quantitative estimate of drug-likeness (QED) is 0.609. The molecule has 0 radical (unpaired) electrons. The molecule has 3 aromatic rings. The molecule has 0 atom stereocenters. The molecule has 0 aliphatic heterocycles. The van der Waals surface area contributed by atoms with Crippen LogP contribution in [-0.2, 0) is 17.8 Å². The van der Waals surface area contributed by atoms with Crippen molar-refractivity contribution in [3.8, 4) is 17.1 Å². The lowest BCUT2D eigenvalue weighted by molar-refractivity contribution is -0.121. The molecular formula is C21H22ClN3O3. The van der Waals surface area contributed by atoms with Gasteiger partial charge in [0.2, 0.25) is 17.6 Å². The van der Waals surface area contributed by atoms with Crippen LogP contribution in [-0.4, -0.2) is 23.2 Å². The van der Waals surface area contributed by atoms with Gasteiger partial charge in [0.25, 0.3) is 0 Å². The fraction of sp³-hybridized carbons (Fsp3) is 0.286. The van der Waals surface area contributed by atoms with Gasteiger partial charge in [0.1, 0.15) is 5.75 Å². The van der Waals surface area contributed by atoms with Crippen LogP contribution in [0.5, 0.6) is 5.75 Å². The number of hydrogen-bond acceptors (Lipinski definition) is 5. The predicted octanol–water partition coefficient (Wildman–Crippen LogP) is 4.35. The summed E-state index contributed by atoms with van der Waals surface area (Å²) < 4.78 is 10.6. The Morgan fingerprint density at radius 1 is 1.21 bits per heavy atom. The Morgan fingerprint density at radius 2 is 2.00 bits per heavy atom. The smallest absolute Gasteiger partial charge is 0.226 e. The average Bonchev–Trinajstić information content (AvgIpc) is 3.17. The van der Waals surface area contributed by atoms with Crippen molar-refractivity contribution in [1.29, 1.82) is 0 Å². The topological polar surface area (TPSA) is 77.2 Å². The fourth-order valence-electron chi connectivity index (χ4n) is 2.74. The van der Waals surface area contributed by atoms with E-state index in [4.69, 9.17) is 20.9 Å². The van der Waals surface area contributed by atoms with Crippen molar-refractivity contribution >= 4 is 17.5 Å². The molecule has 0 bridgehead atoms. The number of aromatic nitrogens is 2. The number of halogens is 1. The van der Waals surface area contributed by atoms with Gasteiger partial charge in [-0.25, -0.2) is 0 Å². The summed E-state index contributed by atoms with van der Waals surface area (Å²) >= 11 is 5.88. The van der Waals surface area contributed by atoms with E-state index in [0.29, 0.717) is 42.5 Å². The third kappa shape index (κ3) is 5.33. The van der Waals surface area contributed by atoms with E-state index in [0.717, 1.165) is 22.4 Å². The third-order valence-corrected chi connectivity index (χ3v) is 4.58. The summed E-state index contributed by atoms with van der Waals surface area (Å²) in [6.07, 6.45) is 1.57. The lowest BCUT2D eigenvalue weighted by Gasteiger charge is -2.09. The molecule has 1 heterocycles. The lowest BCUT2D eigenvalue weighted by Crippen LogP contribution is -2.22. The van der Waals surface area contributed by atoms with Gasteiger partial charge in [0.05, 0.1) is 7.11 Å². The number of nitrogens with zero attached hydrogens (tertiary/aromatic N) is 2. The van der Waals surface area contributed by atoms with E-state index in [9.17, 15) is 4.79 Å². The third-order valence-electron chi connectivity index (χ3n) is 4.33. The van der Waals surface area contributed by atoms with Crippen molar-refractivity contribution in [2.75, 3.05) is 7.11 Å². The first-order valence-electron chi connectivity index (χ1n) is 9.04. The molecule has 2 aromatic carbocycles. The maximum atomic E-state index is 12.1. The van der Waals surface area contributed by atoms with Crippen molar-refractivity contribution in [1.82, 2.24) is 15.5 Å². The molecule has 0 saturated heterocycles. The molecular weight excluding hydrogens is 378 g/mol. The van der Waals surface area contributed by atoms with E-state index in [1.54, 1.807) is 19.2 Å². The van der Waals surface area contributed by atoms with Gasteiger partial charge < -0.3 is 14.6 Å². The van der Waals surface area contributed by atoms with Crippen LogP contribution in [0.4, 0.5) is 0 Å². The Bertz CT molecular complexity index is 938. The van der Waals surface area contributed by atoms with Gasteiger partial charge in [-0.15, -0.1) is 0 Å². The molecule has 7 heteroatoms. The maximum Gasteiger partial charge on any atom is 0.226 e. The monoisotopic (exact) mass is 399 g/mol. The van der Waals surface area contributed by atoms with Crippen LogP contribution in [0.1, 0.15) is 29.9 Å². The molecule has 6 nitrogen and oxygen atoms in total. The number of methoxy groups -OCH3 is 1. The number of nitrogens with one attached hydrogen (secondary N) is 1. The second-order valence-electron chi connectivity index (χ2n) is 6.45. The average molecular weight is 400 g/mol. The molecule has 1 aromatic heterocycles. The number of carbonyl (C=O) groups excluding carboxylic acids is 1. The predicted molar refractivity (Wildman–Crippen MR) is 107 cm³/mol. The molecule has 0 unspecified atom stereocenters. The zero-order chi connectivity index (χ0) is 19.9. The molecule has 28 heavy (non-hydrogen) atoms. The maximum absolute atomic E-state index is 12.1. The Morgan fingerprint density at radius 3 is 2.75 bits per heavy atom. The van der Waals surface area contributed by atoms with E-state index in [2.05, 4.69) is 15.5 Å². The van der Waals surface area contributed by atoms with Crippen molar-refractivity contribution in [3.63, 3.8) is 0 Å². The minimum Gasteiger partial charge on any atom is -0.496 e. The highest BCUT2D eigenvalue weighted by molar-refractivity contribution is 6.30. The number of rotatable bonds is 8. The van der Waals surface area contributed by atoms with Gasteiger partial charge in [0.15, 0.2) is 0 Å². The molecule has 1 N–H and O–H groups in total. The summed E-state index contributed by atoms with van der Waals surface area (Å²) in [4.78, 5) is 16.4. The van der Waals surface area contributed by atoms with Crippen LogP contribution in [0, 0.1) is 6.92 Å². The minimum atomic E-state index is -0.0167. The Labute approximate surface area is 168 Å². The van der Waals surface area contributed by atoms with Crippen LogP contribution in [0.3, 0.4) is 0 Å². The lowest BCUT2D eigenvalue weighted by atomic mass is 10.1. The van der Waals surface area contributed by atoms with Crippen molar-refractivity contribution in [3.05, 3.63) is 64.5 Å². The number of hydrogen-bond donors (Lipinski definition) is 1. The zero-order valence-electron chi connectivity index (χ0n) is 15.9. The molecule has 0 spiro atoms. The second kappa shape index (κ2) is 9.37. The highest BCUT2D eigenvalue weighted by atomic mass is 35.5. The van der Waals surface area contributed by atoms with Crippen LogP contribution < -0.4 is 10.1 Å². The van der Waals surface area contributed by atoms with Gasteiger partial charge in [-0.2, -0.15) is 4.98 Å². The van der Waals surface area contributed by atoms with Gasteiger partial charge in [-0.05, 0) is 54.8 Å². The largest absolute Gasteiger partial charge is 0.496 e. The summed E-state index contributed by atoms with van der Waals surface area (Å²) in [7, 11) is 1.64. The molecule has 0 aliphatic carbocycles.